The molecule has 1 aromatic heterocycles. The van der Waals surface area contributed by atoms with Crippen molar-refractivity contribution in [2.45, 2.75) is 24.9 Å². The molecule has 0 radical (unpaired) electrons. The Kier molecular flexibility index (Phi) is 3.89. The number of thiazole rings is 1. The van der Waals surface area contributed by atoms with Crippen LogP contribution >= 0.6 is 11.3 Å². The predicted octanol–water partition coefficient (Wildman–Crippen LogP) is 3.00. The molecule has 1 N–H and O–H groups in total. The molecule has 0 spiro atoms. The highest BCUT2D eigenvalue weighted by Gasteiger charge is 2.29. The van der Waals surface area contributed by atoms with Crippen molar-refractivity contribution in [3.8, 4) is 11.5 Å². The van der Waals surface area contributed by atoms with Crippen molar-refractivity contribution in [2.75, 3.05) is 14.2 Å². The SMILES string of the molecule is COc1ccc(C(NC2CC2)c2nccs2)c(OC)c1. The van der Waals surface area contributed by atoms with Gasteiger partial charge in [-0.15, -0.1) is 11.3 Å². The van der Waals surface area contributed by atoms with Gasteiger partial charge in [-0.1, -0.05) is 0 Å². The molecular weight excluding hydrogens is 272 g/mol. The highest BCUT2D eigenvalue weighted by Crippen LogP contribution is 2.36. The lowest BCUT2D eigenvalue weighted by molar-refractivity contribution is 0.387. The number of benzene rings is 1. The maximum absolute atomic E-state index is 5.53. The lowest BCUT2D eigenvalue weighted by Crippen LogP contribution is -2.24. The van der Waals surface area contributed by atoms with Gasteiger partial charge in [-0.3, -0.25) is 0 Å². The number of ether oxygens (including phenoxy) is 2. The Balaban J connectivity index is 1.97. The first-order chi connectivity index (χ1) is 9.81. The number of nitrogens with one attached hydrogen (secondary N) is 1. The summed E-state index contributed by atoms with van der Waals surface area (Å²) >= 11 is 1.66. The average molecular weight is 290 g/mol. The first-order valence-electron chi connectivity index (χ1n) is 6.69. The summed E-state index contributed by atoms with van der Waals surface area (Å²) in [7, 11) is 3.35. The number of aromatic nitrogens is 1. The van der Waals surface area contributed by atoms with E-state index in [0.29, 0.717) is 6.04 Å². The largest absolute Gasteiger partial charge is 0.497 e. The number of methoxy groups -OCH3 is 2. The summed E-state index contributed by atoms with van der Waals surface area (Å²) in [4.78, 5) is 4.46. The van der Waals surface area contributed by atoms with Crippen molar-refractivity contribution in [3.05, 3.63) is 40.3 Å². The Morgan fingerprint density at radius 1 is 1.30 bits per heavy atom. The van der Waals surface area contributed by atoms with Gasteiger partial charge in [0.05, 0.1) is 20.3 Å². The van der Waals surface area contributed by atoms with Crippen molar-refractivity contribution in [2.24, 2.45) is 0 Å². The van der Waals surface area contributed by atoms with E-state index in [1.165, 1.54) is 12.8 Å². The fourth-order valence-corrected chi connectivity index (χ4v) is 2.93. The molecule has 0 saturated heterocycles. The van der Waals surface area contributed by atoms with E-state index >= 15 is 0 Å². The lowest BCUT2D eigenvalue weighted by Gasteiger charge is -2.20. The van der Waals surface area contributed by atoms with Crippen LogP contribution in [0.25, 0.3) is 0 Å². The first-order valence-corrected chi connectivity index (χ1v) is 7.57. The zero-order valence-corrected chi connectivity index (χ0v) is 12.4. The summed E-state index contributed by atoms with van der Waals surface area (Å²) < 4.78 is 10.8. The fraction of sp³-hybridized carbons (Fsp3) is 0.400. The van der Waals surface area contributed by atoms with Crippen LogP contribution in [-0.2, 0) is 0 Å². The van der Waals surface area contributed by atoms with Gasteiger partial charge in [-0.2, -0.15) is 0 Å². The third kappa shape index (κ3) is 2.78. The summed E-state index contributed by atoms with van der Waals surface area (Å²) in [6.45, 7) is 0. The summed E-state index contributed by atoms with van der Waals surface area (Å²) in [5.74, 6) is 1.63. The molecule has 1 aromatic carbocycles. The van der Waals surface area contributed by atoms with Crippen LogP contribution in [0.4, 0.5) is 0 Å². The van der Waals surface area contributed by atoms with Crippen LogP contribution in [0.2, 0.25) is 0 Å². The zero-order chi connectivity index (χ0) is 13.9. The molecule has 1 fully saturated rings. The standard InChI is InChI=1S/C15H18N2O2S/c1-18-11-5-6-12(13(9-11)19-2)14(17-10-3-4-10)15-16-7-8-20-15/h5-10,14,17H,3-4H2,1-2H3. The molecule has 1 heterocycles. The van der Waals surface area contributed by atoms with E-state index < -0.39 is 0 Å². The Labute approximate surface area is 122 Å². The maximum atomic E-state index is 5.53. The minimum Gasteiger partial charge on any atom is -0.497 e. The van der Waals surface area contributed by atoms with Crippen LogP contribution in [0.5, 0.6) is 11.5 Å². The molecule has 4 nitrogen and oxygen atoms in total. The van der Waals surface area contributed by atoms with E-state index in [1.807, 2.05) is 23.7 Å². The van der Waals surface area contributed by atoms with Crippen molar-refractivity contribution in [3.63, 3.8) is 0 Å². The summed E-state index contributed by atoms with van der Waals surface area (Å²) in [6, 6.07) is 6.62. The molecule has 0 amide bonds. The Hall–Kier alpha value is -1.59. The monoisotopic (exact) mass is 290 g/mol. The Morgan fingerprint density at radius 3 is 2.75 bits per heavy atom. The van der Waals surface area contributed by atoms with Crippen LogP contribution in [0, 0.1) is 0 Å². The molecule has 106 valence electrons. The second-order valence-electron chi connectivity index (χ2n) is 4.85. The van der Waals surface area contributed by atoms with Crippen LogP contribution in [-0.4, -0.2) is 25.2 Å². The highest BCUT2D eigenvalue weighted by atomic mass is 32.1. The van der Waals surface area contributed by atoms with E-state index in [0.717, 1.165) is 22.1 Å². The third-order valence-corrected chi connectivity index (χ3v) is 4.27. The van der Waals surface area contributed by atoms with Crippen LogP contribution < -0.4 is 14.8 Å². The summed E-state index contributed by atoms with van der Waals surface area (Å²) in [5, 5.41) is 6.73. The van der Waals surface area contributed by atoms with E-state index in [1.54, 1.807) is 25.6 Å². The number of hydrogen-bond donors (Lipinski definition) is 1. The van der Waals surface area contributed by atoms with Crippen molar-refractivity contribution in [1.29, 1.82) is 0 Å². The molecule has 3 rings (SSSR count). The summed E-state index contributed by atoms with van der Waals surface area (Å²) in [5.41, 5.74) is 1.11. The van der Waals surface area contributed by atoms with Gasteiger partial charge in [0.2, 0.25) is 0 Å². The molecule has 1 unspecified atom stereocenters. The highest BCUT2D eigenvalue weighted by molar-refractivity contribution is 7.09. The van der Waals surface area contributed by atoms with E-state index in [4.69, 9.17) is 9.47 Å². The van der Waals surface area contributed by atoms with E-state index in [2.05, 4.69) is 16.4 Å². The molecule has 1 aliphatic carbocycles. The predicted molar refractivity (Wildman–Crippen MR) is 79.7 cm³/mol. The number of rotatable bonds is 6. The van der Waals surface area contributed by atoms with E-state index in [9.17, 15) is 0 Å². The second-order valence-corrected chi connectivity index (χ2v) is 5.78. The van der Waals surface area contributed by atoms with Crippen molar-refractivity contribution >= 4 is 11.3 Å². The van der Waals surface area contributed by atoms with E-state index in [-0.39, 0.29) is 6.04 Å². The van der Waals surface area contributed by atoms with Crippen LogP contribution in [0.1, 0.15) is 29.5 Å². The third-order valence-electron chi connectivity index (χ3n) is 3.43. The molecule has 1 atom stereocenters. The first kappa shape index (κ1) is 13.4. The van der Waals surface area contributed by atoms with Gasteiger partial charge in [0, 0.05) is 29.2 Å². The molecule has 2 aromatic rings. The number of hydrogen-bond acceptors (Lipinski definition) is 5. The minimum atomic E-state index is 0.0864. The average Bonchev–Trinajstić information content (AvgIpc) is 3.15. The Bertz CT molecular complexity index is 567. The fourth-order valence-electron chi connectivity index (χ4n) is 2.21. The van der Waals surface area contributed by atoms with Gasteiger partial charge in [-0.25, -0.2) is 4.98 Å². The summed E-state index contributed by atoms with van der Waals surface area (Å²) in [6.07, 6.45) is 4.32. The smallest absolute Gasteiger partial charge is 0.127 e. The lowest BCUT2D eigenvalue weighted by atomic mass is 10.1. The molecule has 0 bridgehead atoms. The van der Waals surface area contributed by atoms with Gasteiger partial charge in [-0.05, 0) is 25.0 Å². The van der Waals surface area contributed by atoms with Crippen LogP contribution in [0.15, 0.2) is 29.8 Å². The quantitative estimate of drug-likeness (QED) is 0.888. The molecule has 5 heteroatoms. The Morgan fingerprint density at radius 2 is 2.15 bits per heavy atom. The topological polar surface area (TPSA) is 43.4 Å². The van der Waals surface area contributed by atoms with Gasteiger partial charge < -0.3 is 14.8 Å². The van der Waals surface area contributed by atoms with Gasteiger partial charge in [0.25, 0.3) is 0 Å². The molecule has 1 aliphatic rings. The molecule has 0 aliphatic heterocycles. The minimum absolute atomic E-state index is 0.0864. The molecule has 1 saturated carbocycles. The van der Waals surface area contributed by atoms with Crippen LogP contribution in [0.3, 0.4) is 0 Å². The van der Waals surface area contributed by atoms with Gasteiger partial charge in [0.15, 0.2) is 0 Å². The van der Waals surface area contributed by atoms with Crippen molar-refractivity contribution < 1.29 is 9.47 Å². The zero-order valence-electron chi connectivity index (χ0n) is 11.6. The molecular formula is C15H18N2O2S. The maximum Gasteiger partial charge on any atom is 0.127 e. The number of nitrogens with zero attached hydrogens (tertiary/aromatic N) is 1. The van der Waals surface area contributed by atoms with Gasteiger partial charge >= 0.3 is 0 Å². The second kappa shape index (κ2) is 5.81. The molecule has 20 heavy (non-hydrogen) atoms. The van der Waals surface area contributed by atoms with Gasteiger partial charge in [0.1, 0.15) is 16.5 Å². The normalized spacial score (nSPS) is 15.9. The van der Waals surface area contributed by atoms with Crippen molar-refractivity contribution in [1.82, 2.24) is 10.3 Å².